The Bertz CT molecular complexity index is 1260. The zero-order valence-corrected chi connectivity index (χ0v) is 17.7. The first-order valence-corrected chi connectivity index (χ1v) is 10.8. The molecular formula is C20H17F3N4OS2. The molecule has 3 heterocycles. The number of hydrogen-bond donors (Lipinski definition) is 1. The quantitative estimate of drug-likeness (QED) is 0.418. The molecule has 0 aliphatic heterocycles. The highest BCUT2D eigenvalue weighted by Gasteiger charge is 2.31. The molecule has 4 aromatic rings. The highest BCUT2D eigenvalue weighted by atomic mass is 32.2. The van der Waals surface area contributed by atoms with Crippen molar-refractivity contribution in [2.45, 2.75) is 37.5 Å². The van der Waals surface area contributed by atoms with Crippen molar-refractivity contribution in [2.24, 2.45) is 0 Å². The number of benzene rings is 1. The number of H-pyrrole nitrogens is 1. The van der Waals surface area contributed by atoms with Crippen LogP contribution in [-0.4, -0.2) is 25.7 Å². The molecule has 0 spiro atoms. The number of aromatic amines is 1. The lowest BCUT2D eigenvalue weighted by molar-refractivity contribution is -0.141. The fraction of sp³-hybridized carbons (Fsp3) is 0.250. The summed E-state index contributed by atoms with van der Waals surface area (Å²) in [5.41, 5.74) is 1.70. The molecule has 156 valence electrons. The Morgan fingerprint density at radius 3 is 2.63 bits per heavy atom. The average Bonchev–Trinajstić information content (AvgIpc) is 3.20. The summed E-state index contributed by atoms with van der Waals surface area (Å²) in [6, 6.07) is 8.82. The van der Waals surface area contributed by atoms with Crippen LogP contribution in [0.5, 0.6) is 0 Å². The van der Waals surface area contributed by atoms with Crippen LogP contribution in [0.15, 0.2) is 46.5 Å². The van der Waals surface area contributed by atoms with Gasteiger partial charge in [0.25, 0.3) is 5.56 Å². The minimum Gasteiger partial charge on any atom is -0.310 e. The monoisotopic (exact) mass is 450 g/mol. The second-order valence-corrected chi connectivity index (χ2v) is 8.90. The molecule has 0 aliphatic carbocycles. The molecule has 4 rings (SSSR count). The number of rotatable bonds is 5. The summed E-state index contributed by atoms with van der Waals surface area (Å²) in [7, 11) is 0. The molecule has 0 bridgehead atoms. The second kappa shape index (κ2) is 7.92. The zero-order valence-electron chi connectivity index (χ0n) is 16.1. The number of fused-ring (bicyclic) bond motifs is 1. The third-order valence-electron chi connectivity index (χ3n) is 4.65. The van der Waals surface area contributed by atoms with E-state index in [1.165, 1.54) is 17.5 Å². The molecule has 30 heavy (non-hydrogen) atoms. The largest absolute Gasteiger partial charge is 0.406 e. The first kappa shape index (κ1) is 20.7. The lowest BCUT2D eigenvalue weighted by Gasteiger charge is -2.14. The van der Waals surface area contributed by atoms with Gasteiger partial charge in [-0.3, -0.25) is 4.79 Å². The van der Waals surface area contributed by atoms with Gasteiger partial charge in [-0.25, -0.2) is 9.97 Å². The van der Waals surface area contributed by atoms with Crippen LogP contribution in [0.25, 0.3) is 21.5 Å². The third-order valence-corrected chi connectivity index (χ3v) is 6.75. The number of halogens is 3. The Morgan fingerprint density at radius 1 is 1.20 bits per heavy atom. The Labute approximate surface area is 178 Å². The SMILES string of the molecule is Cc1sc2nc(CSc3ncc(-c4ccccc4)n3CC(F)(F)F)[nH]c(=O)c2c1C. The molecule has 10 heteroatoms. The van der Waals surface area contributed by atoms with Crippen LogP contribution in [0.3, 0.4) is 0 Å². The van der Waals surface area contributed by atoms with Crippen molar-refractivity contribution >= 4 is 33.3 Å². The van der Waals surface area contributed by atoms with Gasteiger partial charge < -0.3 is 9.55 Å². The molecule has 0 unspecified atom stereocenters. The van der Waals surface area contributed by atoms with Crippen molar-refractivity contribution in [1.29, 1.82) is 0 Å². The number of thiophene rings is 1. The Balaban J connectivity index is 1.66. The first-order valence-electron chi connectivity index (χ1n) is 9.02. The zero-order chi connectivity index (χ0) is 21.5. The van der Waals surface area contributed by atoms with E-state index in [4.69, 9.17) is 0 Å². The molecule has 1 N–H and O–H groups in total. The minimum atomic E-state index is -4.39. The maximum Gasteiger partial charge on any atom is 0.406 e. The lowest BCUT2D eigenvalue weighted by Crippen LogP contribution is -2.19. The molecular weight excluding hydrogens is 433 g/mol. The van der Waals surface area contributed by atoms with E-state index in [0.717, 1.165) is 26.8 Å². The Morgan fingerprint density at radius 2 is 1.93 bits per heavy atom. The highest BCUT2D eigenvalue weighted by Crippen LogP contribution is 2.31. The number of aryl methyl sites for hydroxylation is 2. The van der Waals surface area contributed by atoms with Gasteiger partial charge in [-0.1, -0.05) is 42.1 Å². The molecule has 0 saturated carbocycles. The third kappa shape index (κ3) is 4.15. The number of alkyl halides is 3. The summed E-state index contributed by atoms with van der Waals surface area (Å²) < 4.78 is 40.8. The number of nitrogens with one attached hydrogen (secondary N) is 1. The molecule has 0 saturated heterocycles. The van der Waals surface area contributed by atoms with Crippen LogP contribution in [0, 0.1) is 13.8 Å². The van der Waals surface area contributed by atoms with Gasteiger partial charge in [-0.05, 0) is 25.0 Å². The molecule has 3 aromatic heterocycles. The van der Waals surface area contributed by atoms with Gasteiger partial charge in [-0.15, -0.1) is 11.3 Å². The van der Waals surface area contributed by atoms with Gasteiger partial charge in [0.2, 0.25) is 0 Å². The summed E-state index contributed by atoms with van der Waals surface area (Å²) in [6.07, 6.45) is -2.95. The standard InChI is InChI=1S/C20H17F3N4OS2/c1-11-12(2)30-18-16(11)17(28)25-15(26-18)9-29-19-24-8-14(13-6-4-3-5-7-13)27(19)10-20(21,22)23/h3-8H,9-10H2,1-2H3,(H,25,26,28). The topological polar surface area (TPSA) is 63.6 Å². The van der Waals surface area contributed by atoms with E-state index < -0.39 is 12.7 Å². The number of aromatic nitrogens is 4. The van der Waals surface area contributed by atoms with Gasteiger partial charge in [0.1, 0.15) is 17.2 Å². The number of nitrogens with zero attached hydrogens (tertiary/aromatic N) is 3. The van der Waals surface area contributed by atoms with Crippen molar-refractivity contribution in [1.82, 2.24) is 19.5 Å². The molecule has 0 atom stereocenters. The van der Waals surface area contributed by atoms with E-state index in [1.807, 2.05) is 13.8 Å². The van der Waals surface area contributed by atoms with Crippen LogP contribution in [0.1, 0.15) is 16.3 Å². The predicted molar refractivity (Wildman–Crippen MR) is 113 cm³/mol. The first-order chi connectivity index (χ1) is 14.2. The van der Waals surface area contributed by atoms with Crippen molar-refractivity contribution < 1.29 is 13.2 Å². The van der Waals surface area contributed by atoms with E-state index in [0.29, 0.717) is 27.3 Å². The van der Waals surface area contributed by atoms with Gasteiger partial charge >= 0.3 is 6.18 Å². The van der Waals surface area contributed by atoms with Crippen molar-refractivity contribution in [3.05, 3.63) is 63.1 Å². The normalized spacial score (nSPS) is 12.0. The highest BCUT2D eigenvalue weighted by molar-refractivity contribution is 7.98. The Hall–Kier alpha value is -2.59. The minimum absolute atomic E-state index is 0.199. The summed E-state index contributed by atoms with van der Waals surface area (Å²) in [4.78, 5) is 25.5. The number of hydrogen-bond acceptors (Lipinski definition) is 5. The van der Waals surface area contributed by atoms with E-state index in [9.17, 15) is 18.0 Å². The number of thioether (sulfide) groups is 1. The molecule has 1 aromatic carbocycles. The molecule has 0 fully saturated rings. The fourth-order valence-electron chi connectivity index (χ4n) is 3.15. The Kier molecular flexibility index (Phi) is 5.46. The summed E-state index contributed by atoms with van der Waals surface area (Å²) >= 11 is 2.54. The van der Waals surface area contributed by atoms with E-state index in [1.54, 1.807) is 30.3 Å². The molecule has 5 nitrogen and oxygen atoms in total. The van der Waals surface area contributed by atoms with Crippen molar-refractivity contribution in [3.63, 3.8) is 0 Å². The van der Waals surface area contributed by atoms with E-state index >= 15 is 0 Å². The van der Waals surface area contributed by atoms with Crippen LogP contribution in [-0.2, 0) is 12.3 Å². The van der Waals surface area contributed by atoms with E-state index in [-0.39, 0.29) is 16.5 Å². The van der Waals surface area contributed by atoms with Gasteiger partial charge in [0.05, 0.1) is 23.0 Å². The van der Waals surface area contributed by atoms with Gasteiger partial charge in [-0.2, -0.15) is 13.2 Å². The van der Waals surface area contributed by atoms with Crippen molar-refractivity contribution in [3.8, 4) is 11.3 Å². The fourth-order valence-corrected chi connectivity index (χ4v) is 5.04. The van der Waals surface area contributed by atoms with Crippen LogP contribution >= 0.6 is 23.1 Å². The van der Waals surface area contributed by atoms with E-state index in [2.05, 4.69) is 15.0 Å². The smallest absolute Gasteiger partial charge is 0.310 e. The second-order valence-electron chi connectivity index (χ2n) is 6.76. The average molecular weight is 451 g/mol. The summed E-state index contributed by atoms with van der Waals surface area (Å²) in [5.74, 6) is 0.603. The van der Waals surface area contributed by atoms with Gasteiger partial charge in [0, 0.05) is 4.88 Å². The molecule has 0 radical (unpaired) electrons. The molecule has 0 aliphatic rings. The maximum atomic E-state index is 13.2. The predicted octanol–water partition coefficient (Wildman–Crippen LogP) is 5.32. The summed E-state index contributed by atoms with van der Waals surface area (Å²) in [5, 5.41) is 0.781. The van der Waals surface area contributed by atoms with Crippen LogP contribution < -0.4 is 5.56 Å². The maximum absolute atomic E-state index is 13.2. The van der Waals surface area contributed by atoms with Crippen molar-refractivity contribution in [2.75, 3.05) is 0 Å². The number of imidazole rings is 1. The van der Waals surface area contributed by atoms with Gasteiger partial charge in [0.15, 0.2) is 5.16 Å². The molecule has 0 amide bonds. The summed E-state index contributed by atoms with van der Waals surface area (Å²) in [6.45, 7) is 2.65. The van der Waals surface area contributed by atoms with Crippen LogP contribution in [0.4, 0.5) is 13.2 Å². The van der Waals surface area contributed by atoms with Crippen LogP contribution in [0.2, 0.25) is 0 Å². The lowest BCUT2D eigenvalue weighted by atomic mass is 10.2.